The van der Waals surface area contributed by atoms with E-state index in [1.165, 1.54) is 41.4 Å². The molecule has 2 nitrogen and oxygen atoms in total. The van der Waals surface area contributed by atoms with E-state index in [0.29, 0.717) is 0 Å². The van der Waals surface area contributed by atoms with Crippen LogP contribution in [0.3, 0.4) is 0 Å². The molecule has 1 heterocycles. The highest BCUT2D eigenvalue weighted by Crippen LogP contribution is 2.29. The Bertz CT molecular complexity index is 625. The van der Waals surface area contributed by atoms with Crippen molar-refractivity contribution in [2.45, 2.75) is 12.8 Å². The second kappa shape index (κ2) is 6.88. The summed E-state index contributed by atoms with van der Waals surface area (Å²) in [6.07, 6.45) is 4.81. The lowest BCUT2D eigenvalue weighted by atomic mass is 9.94. The molecular formula is C19H24N2. The molecule has 0 saturated carbocycles. The van der Waals surface area contributed by atoms with E-state index in [1.54, 1.807) is 0 Å². The second-order valence-corrected chi connectivity index (χ2v) is 5.76. The maximum absolute atomic E-state index is 3.22. The Labute approximate surface area is 127 Å². The molecule has 110 valence electrons. The molecule has 0 spiro atoms. The van der Waals surface area contributed by atoms with Gasteiger partial charge in [0.1, 0.15) is 0 Å². The van der Waals surface area contributed by atoms with Crippen molar-refractivity contribution in [1.82, 2.24) is 10.2 Å². The highest BCUT2D eigenvalue weighted by atomic mass is 15.1. The van der Waals surface area contributed by atoms with E-state index in [4.69, 9.17) is 0 Å². The Morgan fingerprint density at radius 2 is 1.95 bits per heavy atom. The van der Waals surface area contributed by atoms with Crippen molar-refractivity contribution < 1.29 is 0 Å². The molecule has 3 rings (SSSR count). The van der Waals surface area contributed by atoms with Crippen LogP contribution >= 0.6 is 0 Å². The number of nitrogens with zero attached hydrogens (tertiary/aromatic N) is 1. The number of nitrogens with one attached hydrogen (secondary N) is 1. The first-order valence-electron chi connectivity index (χ1n) is 7.92. The van der Waals surface area contributed by atoms with Gasteiger partial charge in [0, 0.05) is 13.1 Å². The summed E-state index contributed by atoms with van der Waals surface area (Å²) in [6, 6.07) is 15.3. The molecule has 0 saturated heterocycles. The predicted octanol–water partition coefficient (Wildman–Crippen LogP) is 3.54. The largest absolute Gasteiger partial charge is 0.320 e. The third-order valence-corrected chi connectivity index (χ3v) is 4.33. The van der Waals surface area contributed by atoms with Gasteiger partial charge in [-0.05, 0) is 54.9 Å². The van der Waals surface area contributed by atoms with Gasteiger partial charge in [0.15, 0.2) is 0 Å². The van der Waals surface area contributed by atoms with Crippen molar-refractivity contribution in [3.8, 4) is 0 Å². The molecule has 0 aliphatic carbocycles. The Balaban J connectivity index is 1.75. The van der Waals surface area contributed by atoms with Gasteiger partial charge in [0.05, 0.1) is 0 Å². The summed E-state index contributed by atoms with van der Waals surface area (Å²) in [6.45, 7) is 4.57. The van der Waals surface area contributed by atoms with Crippen molar-refractivity contribution in [2.24, 2.45) is 0 Å². The lowest BCUT2D eigenvalue weighted by Crippen LogP contribution is -2.30. The number of hydrogen-bond acceptors (Lipinski definition) is 2. The molecule has 2 heteroatoms. The molecule has 1 aliphatic heterocycles. The molecule has 0 bridgehead atoms. The van der Waals surface area contributed by atoms with Crippen LogP contribution < -0.4 is 5.32 Å². The molecule has 0 fully saturated rings. The highest BCUT2D eigenvalue weighted by molar-refractivity contribution is 5.94. The van der Waals surface area contributed by atoms with Crippen LogP contribution in [0.15, 0.2) is 48.5 Å². The van der Waals surface area contributed by atoms with Crippen LogP contribution in [0, 0.1) is 0 Å². The van der Waals surface area contributed by atoms with E-state index in [9.17, 15) is 0 Å². The van der Waals surface area contributed by atoms with Gasteiger partial charge in [-0.1, -0.05) is 48.5 Å². The van der Waals surface area contributed by atoms with Gasteiger partial charge < -0.3 is 5.32 Å². The van der Waals surface area contributed by atoms with Gasteiger partial charge in [-0.15, -0.1) is 0 Å². The van der Waals surface area contributed by atoms with Crippen LogP contribution in [-0.4, -0.2) is 38.1 Å². The topological polar surface area (TPSA) is 15.3 Å². The van der Waals surface area contributed by atoms with E-state index in [2.05, 4.69) is 58.8 Å². The van der Waals surface area contributed by atoms with Crippen LogP contribution in [0.4, 0.5) is 0 Å². The molecule has 0 radical (unpaired) electrons. The SMILES string of the molecule is CNCCCN1CC=C(c2cccc3ccccc23)CC1. The average molecular weight is 280 g/mol. The number of benzene rings is 2. The first-order chi connectivity index (χ1) is 10.4. The zero-order valence-corrected chi connectivity index (χ0v) is 12.8. The van der Waals surface area contributed by atoms with Gasteiger partial charge >= 0.3 is 0 Å². The monoisotopic (exact) mass is 280 g/mol. The van der Waals surface area contributed by atoms with Crippen LogP contribution in [-0.2, 0) is 0 Å². The van der Waals surface area contributed by atoms with Gasteiger partial charge in [-0.3, -0.25) is 4.90 Å². The fourth-order valence-electron chi connectivity index (χ4n) is 3.14. The van der Waals surface area contributed by atoms with Crippen LogP contribution in [0.5, 0.6) is 0 Å². The molecule has 1 aliphatic rings. The van der Waals surface area contributed by atoms with E-state index in [-0.39, 0.29) is 0 Å². The molecule has 0 amide bonds. The molecular weight excluding hydrogens is 256 g/mol. The smallest absolute Gasteiger partial charge is 0.0169 e. The third kappa shape index (κ3) is 3.34. The first-order valence-corrected chi connectivity index (χ1v) is 7.92. The molecule has 0 aromatic heterocycles. The fourth-order valence-corrected chi connectivity index (χ4v) is 3.14. The molecule has 21 heavy (non-hydrogen) atoms. The van der Waals surface area contributed by atoms with Crippen LogP contribution in [0.2, 0.25) is 0 Å². The average Bonchev–Trinajstić information content (AvgIpc) is 2.55. The first kappa shape index (κ1) is 14.3. The van der Waals surface area contributed by atoms with Crippen molar-refractivity contribution in [1.29, 1.82) is 0 Å². The molecule has 0 atom stereocenters. The van der Waals surface area contributed by atoms with E-state index < -0.39 is 0 Å². The summed E-state index contributed by atoms with van der Waals surface area (Å²) in [4.78, 5) is 2.55. The maximum Gasteiger partial charge on any atom is 0.0169 e. The van der Waals surface area contributed by atoms with Gasteiger partial charge in [-0.2, -0.15) is 0 Å². The Kier molecular flexibility index (Phi) is 4.69. The summed E-state index contributed by atoms with van der Waals surface area (Å²) in [7, 11) is 2.02. The van der Waals surface area contributed by atoms with E-state index >= 15 is 0 Å². The van der Waals surface area contributed by atoms with Crippen molar-refractivity contribution in [3.63, 3.8) is 0 Å². The Morgan fingerprint density at radius 3 is 2.76 bits per heavy atom. The summed E-state index contributed by atoms with van der Waals surface area (Å²) >= 11 is 0. The minimum Gasteiger partial charge on any atom is -0.320 e. The van der Waals surface area contributed by atoms with Crippen LogP contribution in [0.25, 0.3) is 16.3 Å². The molecule has 0 unspecified atom stereocenters. The molecule has 2 aromatic carbocycles. The highest BCUT2D eigenvalue weighted by Gasteiger charge is 2.13. The van der Waals surface area contributed by atoms with Crippen molar-refractivity contribution in [2.75, 3.05) is 33.2 Å². The fraction of sp³-hybridized carbons (Fsp3) is 0.368. The van der Waals surface area contributed by atoms with E-state index in [1.807, 2.05) is 7.05 Å². The number of hydrogen-bond donors (Lipinski definition) is 1. The molecule has 2 aromatic rings. The lowest BCUT2D eigenvalue weighted by Gasteiger charge is -2.26. The number of rotatable bonds is 5. The Hall–Kier alpha value is -1.64. The Morgan fingerprint density at radius 1 is 1.10 bits per heavy atom. The lowest BCUT2D eigenvalue weighted by molar-refractivity contribution is 0.297. The summed E-state index contributed by atoms with van der Waals surface area (Å²) in [5.41, 5.74) is 2.93. The summed E-state index contributed by atoms with van der Waals surface area (Å²) in [5.74, 6) is 0. The predicted molar refractivity (Wildman–Crippen MR) is 91.5 cm³/mol. The van der Waals surface area contributed by atoms with Crippen molar-refractivity contribution in [3.05, 3.63) is 54.1 Å². The van der Waals surface area contributed by atoms with E-state index in [0.717, 1.165) is 19.5 Å². The minimum absolute atomic E-state index is 1.09. The quantitative estimate of drug-likeness (QED) is 0.843. The van der Waals surface area contributed by atoms with Gasteiger partial charge in [0.2, 0.25) is 0 Å². The third-order valence-electron chi connectivity index (χ3n) is 4.33. The maximum atomic E-state index is 3.22. The zero-order valence-electron chi connectivity index (χ0n) is 12.8. The standard InChI is InChI=1S/C19H24N2/c1-20-12-5-13-21-14-10-17(11-15-21)19-9-4-7-16-6-2-3-8-18(16)19/h2-4,6-10,20H,5,11-15H2,1H3. The second-order valence-electron chi connectivity index (χ2n) is 5.76. The minimum atomic E-state index is 1.09. The molecule has 1 N–H and O–H groups in total. The zero-order chi connectivity index (χ0) is 14.5. The van der Waals surface area contributed by atoms with Gasteiger partial charge in [-0.25, -0.2) is 0 Å². The number of fused-ring (bicyclic) bond motifs is 1. The van der Waals surface area contributed by atoms with Crippen LogP contribution in [0.1, 0.15) is 18.4 Å². The summed E-state index contributed by atoms with van der Waals surface area (Å²) in [5, 5.41) is 5.94. The summed E-state index contributed by atoms with van der Waals surface area (Å²) < 4.78 is 0. The van der Waals surface area contributed by atoms with Gasteiger partial charge in [0.25, 0.3) is 0 Å². The van der Waals surface area contributed by atoms with Crippen molar-refractivity contribution >= 4 is 16.3 Å². The normalized spacial score (nSPS) is 16.1.